The lowest BCUT2D eigenvalue weighted by atomic mass is 10.5. The molecule has 4 nitrogen and oxygen atoms in total. The van der Waals surface area contributed by atoms with Crippen molar-refractivity contribution < 1.29 is 0 Å². The standard InChI is InChI=1S/C9H14N4/c1-3-7-13(4-2)9-11-6-5-8(10)12-9/h3,5-6H,1,4,7H2,2H3,(H2,10,11,12). The van der Waals surface area contributed by atoms with Crippen LogP contribution in [-0.4, -0.2) is 23.1 Å². The largest absolute Gasteiger partial charge is 0.384 e. The number of hydrogen-bond acceptors (Lipinski definition) is 4. The van der Waals surface area contributed by atoms with Gasteiger partial charge < -0.3 is 10.6 Å². The lowest BCUT2D eigenvalue weighted by Gasteiger charge is -2.18. The van der Waals surface area contributed by atoms with Gasteiger partial charge in [0.05, 0.1) is 0 Å². The SMILES string of the molecule is C=CCN(CC)c1nccc(N)n1. The maximum Gasteiger partial charge on any atom is 0.227 e. The highest BCUT2D eigenvalue weighted by Gasteiger charge is 2.04. The number of nitrogens with zero attached hydrogens (tertiary/aromatic N) is 3. The molecule has 0 saturated carbocycles. The molecule has 2 N–H and O–H groups in total. The average Bonchev–Trinajstić information content (AvgIpc) is 2.14. The number of aromatic nitrogens is 2. The van der Waals surface area contributed by atoms with Crippen molar-refractivity contribution in [3.8, 4) is 0 Å². The van der Waals surface area contributed by atoms with Gasteiger partial charge >= 0.3 is 0 Å². The van der Waals surface area contributed by atoms with Crippen LogP contribution in [0.5, 0.6) is 0 Å². The van der Waals surface area contributed by atoms with E-state index in [0.717, 1.165) is 13.1 Å². The Kier molecular flexibility index (Phi) is 3.25. The number of nitrogen functional groups attached to an aromatic ring is 1. The number of hydrogen-bond donors (Lipinski definition) is 1. The second kappa shape index (κ2) is 4.45. The molecule has 0 unspecified atom stereocenters. The highest BCUT2D eigenvalue weighted by Crippen LogP contribution is 2.07. The number of anilines is 2. The van der Waals surface area contributed by atoms with E-state index in [9.17, 15) is 0 Å². The molecule has 0 aromatic carbocycles. The zero-order valence-electron chi connectivity index (χ0n) is 7.77. The minimum absolute atomic E-state index is 0.493. The maximum absolute atomic E-state index is 5.54. The third-order valence-corrected chi connectivity index (χ3v) is 1.68. The molecule has 1 rings (SSSR count). The first-order valence-electron chi connectivity index (χ1n) is 4.22. The lowest BCUT2D eigenvalue weighted by Crippen LogP contribution is -2.24. The first-order chi connectivity index (χ1) is 6.27. The van der Waals surface area contributed by atoms with Crippen LogP contribution >= 0.6 is 0 Å². The molecular formula is C9H14N4. The van der Waals surface area contributed by atoms with Gasteiger partial charge in [-0.3, -0.25) is 0 Å². The van der Waals surface area contributed by atoms with Gasteiger partial charge in [-0.25, -0.2) is 4.98 Å². The van der Waals surface area contributed by atoms with E-state index >= 15 is 0 Å². The zero-order chi connectivity index (χ0) is 9.68. The van der Waals surface area contributed by atoms with E-state index in [-0.39, 0.29) is 0 Å². The Bertz CT molecular complexity index is 285. The van der Waals surface area contributed by atoms with Crippen molar-refractivity contribution in [3.63, 3.8) is 0 Å². The first kappa shape index (κ1) is 9.51. The Morgan fingerprint density at radius 2 is 2.46 bits per heavy atom. The second-order valence-electron chi connectivity index (χ2n) is 2.61. The Morgan fingerprint density at radius 1 is 1.69 bits per heavy atom. The molecule has 0 aliphatic rings. The molecule has 0 amide bonds. The summed E-state index contributed by atoms with van der Waals surface area (Å²) in [6.45, 7) is 7.28. The summed E-state index contributed by atoms with van der Waals surface area (Å²) in [6, 6.07) is 1.67. The average molecular weight is 178 g/mol. The van der Waals surface area contributed by atoms with Crippen LogP contribution in [0.3, 0.4) is 0 Å². The third-order valence-electron chi connectivity index (χ3n) is 1.68. The molecule has 0 spiro atoms. The first-order valence-corrected chi connectivity index (χ1v) is 4.22. The molecule has 1 aromatic rings. The van der Waals surface area contributed by atoms with Crippen LogP contribution in [0, 0.1) is 0 Å². The third kappa shape index (κ3) is 2.43. The molecule has 0 fully saturated rings. The van der Waals surface area contributed by atoms with Gasteiger partial charge in [0.1, 0.15) is 5.82 Å². The van der Waals surface area contributed by atoms with Gasteiger partial charge in [0.25, 0.3) is 0 Å². The Morgan fingerprint density at radius 3 is 3.00 bits per heavy atom. The van der Waals surface area contributed by atoms with Crippen molar-refractivity contribution in [2.75, 3.05) is 23.7 Å². The predicted molar refractivity (Wildman–Crippen MR) is 54.5 cm³/mol. The minimum Gasteiger partial charge on any atom is -0.384 e. The van der Waals surface area contributed by atoms with Crippen LogP contribution in [0.4, 0.5) is 11.8 Å². The van der Waals surface area contributed by atoms with Crippen LogP contribution in [0.15, 0.2) is 24.9 Å². The molecule has 0 atom stereocenters. The Hall–Kier alpha value is -1.58. The van der Waals surface area contributed by atoms with Crippen molar-refractivity contribution in [3.05, 3.63) is 24.9 Å². The molecule has 0 aliphatic heterocycles. The lowest BCUT2D eigenvalue weighted by molar-refractivity contribution is 0.855. The molecule has 1 aromatic heterocycles. The van der Waals surface area contributed by atoms with E-state index in [1.54, 1.807) is 12.3 Å². The van der Waals surface area contributed by atoms with Crippen LogP contribution in [0.2, 0.25) is 0 Å². The van der Waals surface area contributed by atoms with Gasteiger partial charge in [-0.05, 0) is 13.0 Å². The summed E-state index contributed by atoms with van der Waals surface area (Å²) in [6.07, 6.45) is 3.47. The molecule has 4 heteroatoms. The fourth-order valence-corrected chi connectivity index (χ4v) is 1.02. The quantitative estimate of drug-likeness (QED) is 0.701. The van der Waals surface area contributed by atoms with Crippen molar-refractivity contribution in [2.45, 2.75) is 6.92 Å². The highest BCUT2D eigenvalue weighted by atomic mass is 15.2. The van der Waals surface area contributed by atoms with Crippen molar-refractivity contribution >= 4 is 11.8 Å². The van der Waals surface area contributed by atoms with E-state index in [1.807, 2.05) is 17.9 Å². The van der Waals surface area contributed by atoms with Crippen molar-refractivity contribution in [1.82, 2.24) is 9.97 Å². The predicted octanol–water partition coefficient (Wildman–Crippen LogP) is 1.07. The monoisotopic (exact) mass is 178 g/mol. The number of nitrogens with two attached hydrogens (primary N) is 1. The molecule has 13 heavy (non-hydrogen) atoms. The number of rotatable bonds is 4. The molecule has 1 heterocycles. The molecule has 70 valence electrons. The Labute approximate surface area is 78.1 Å². The molecule has 0 aliphatic carbocycles. The van der Waals surface area contributed by atoms with Gasteiger partial charge in [0, 0.05) is 19.3 Å². The van der Waals surface area contributed by atoms with Gasteiger partial charge in [-0.2, -0.15) is 4.98 Å². The van der Waals surface area contributed by atoms with E-state index in [2.05, 4.69) is 16.5 Å². The fraction of sp³-hybridized carbons (Fsp3) is 0.333. The fourth-order valence-electron chi connectivity index (χ4n) is 1.02. The molecule has 0 radical (unpaired) electrons. The normalized spacial score (nSPS) is 9.62. The van der Waals surface area contributed by atoms with E-state index in [0.29, 0.717) is 11.8 Å². The second-order valence-corrected chi connectivity index (χ2v) is 2.61. The van der Waals surface area contributed by atoms with Gasteiger partial charge in [-0.15, -0.1) is 6.58 Å². The maximum atomic E-state index is 5.54. The van der Waals surface area contributed by atoms with Crippen LogP contribution < -0.4 is 10.6 Å². The smallest absolute Gasteiger partial charge is 0.227 e. The summed E-state index contributed by atoms with van der Waals surface area (Å²) >= 11 is 0. The Balaban J connectivity index is 2.84. The highest BCUT2D eigenvalue weighted by molar-refractivity contribution is 5.37. The molecule has 0 bridgehead atoms. The van der Waals surface area contributed by atoms with E-state index < -0.39 is 0 Å². The van der Waals surface area contributed by atoms with Gasteiger partial charge in [-0.1, -0.05) is 6.08 Å². The van der Waals surface area contributed by atoms with Crippen LogP contribution in [-0.2, 0) is 0 Å². The number of likely N-dealkylation sites (N-methyl/N-ethyl adjacent to an activating group) is 1. The topological polar surface area (TPSA) is 55.0 Å². The van der Waals surface area contributed by atoms with Gasteiger partial charge in [0.2, 0.25) is 5.95 Å². The van der Waals surface area contributed by atoms with E-state index in [1.165, 1.54) is 0 Å². The molecule has 0 saturated heterocycles. The summed E-state index contributed by atoms with van der Waals surface area (Å²) in [5.41, 5.74) is 5.54. The van der Waals surface area contributed by atoms with Crippen molar-refractivity contribution in [1.29, 1.82) is 0 Å². The zero-order valence-corrected chi connectivity index (χ0v) is 7.77. The van der Waals surface area contributed by atoms with Crippen molar-refractivity contribution in [2.24, 2.45) is 0 Å². The van der Waals surface area contributed by atoms with Gasteiger partial charge in [0.15, 0.2) is 0 Å². The summed E-state index contributed by atoms with van der Waals surface area (Å²) in [5.74, 6) is 1.15. The summed E-state index contributed by atoms with van der Waals surface area (Å²) in [7, 11) is 0. The summed E-state index contributed by atoms with van der Waals surface area (Å²) < 4.78 is 0. The van der Waals surface area contributed by atoms with E-state index in [4.69, 9.17) is 5.73 Å². The van der Waals surface area contributed by atoms with Crippen LogP contribution in [0.1, 0.15) is 6.92 Å². The summed E-state index contributed by atoms with van der Waals surface area (Å²) in [4.78, 5) is 10.2. The van der Waals surface area contributed by atoms with Crippen LogP contribution in [0.25, 0.3) is 0 Å². The minimum atomic E-state index is 0.493. The molecular weight excluding hydrogens is 164 g/mol. The summed E-state index contributed by atoms with van der Waals surface area (Å²) in [5, 5.41) is 0.